The van der Waals surface area contributed by atoms with Gasteiger partial charge in [-0.3, -0.25) is 4.79 Å². The second kappa shape index (κ2) is 3.40. The quantitative estimate of drug-likeness (QED) is 0.813. The lowest BCUT2D eigenvalue weighted by atomic mass is 9.94. The van der Waals surface area contributed by atoms with E-state index < -0.39 is 5.97 Å². The molecule has 0 bridgehead atoms. The van der Waals surface area contributed by atoms with Gasteiger partial charge in [-0.25, -0.2) is 0 Å². The van der Waals surface area contributed by atoms with Crippen molar-refractivity contribution in [2.45, 2.75) is 39.0 Å². The summed E-state index contributed by atoms with van der Waals surface area (Å²) in [5, 5.41) is 9.14. The summed E-state index contributed by atoms with van der Waals surface area (Å²) in [6, 6.07) is 1.92. The van der Waals surface area contributed by atoms with Crippen molar-refractivity contribution in [2.75, 3.05) is 0 Å². The molecule has 1 aliphatic carbocycles. The van der Waals surface area contributed by atoms with Crippen LogP contribution < -0.4 is 0 Å². The van der Waals surface area contributed by atoms with Crippen molar-refractivity contribution in [3.05, 3.63) is 23.2 Å². The van der Waals surface area contributed by atoms with E-state index in [1.54, 1.807) is 0 Å². The van der Waals surface area contributed by atoms with Gasteiger partial charge in [-0.1, -0.05) is 20.8 Å². The van der Waals surface area contributed by atoms with Crippen molar-refractivity contribution in [2.24, 2.45) is 5.92 Å². The number of carboxylic acids is 1. The third-order valence-electron chi connectivity index (χ3n) is 3.11. The van der Waals surface area contributed by atoms with Crippen LogP contribution in [-0.4, -0.2) is 11.1 Å². The van der Waals surface area contributed by atoms with E-state index in [4.69, 9.17) is 9.52 Å². The highest BCUT2D eigenvalue weighted by Crippen LogP contribution is 2.40. The maximum absolute atomic E-state index is 11.1. The minimum atomic E-state index is -0.739. The average Bonchev–Trinajstić information content (AvgIpc) is 2.58. The molecular weight excluding hydrogens is 192 g/mol. The minimum Gasteiger partial charge on any atom is -0.481 e. The number of rotatable bonds is 2. The van der Waals surface area contributed by atoms with E-state index >= 15 is 0 Å². The Hall–Kier alpha value is -1.25. The molecule has 0 fully saturated rings. The highest BCUT2D eigenvalue weighted by atomic mass is 16.4. The third-order valence-corrected chi connectivity index (χ3v) is 3.11. The molecule has 0 aromatic carbocycles. The molecule has 3 nitrogen and oxygen atoms in total. The smallest absolute Gasteiger partial charge is 0.311 e. The van der Waals surface area contributed by atoms with Crippen LogP contribution in [0.5, 0.6) is 0 Å². The first-order valence-electron chi connectivity index (χ1n) is 5.36. The molecule has 0 amide bonds. The molecule has 0 radical (unpaired) electrons. The van der Waals surface area contributed by atoms with Gasteiger partial charge in [-0.05, 0) is 12.0 Å². The van der Waals surface area contributed by atoms with Crippen LogP contribution in [0.4, 0.5) is 0 Å². The lowest BCUT2D eigenvalue weighted by molar-refractivity contribution is -0.139. The van der Waals surface area contributed by atoms with Gasteiger partial charge in [-0.2, -0.15) is 0 Å². The van der Waals surface area contributed by atoms with Gasteiger partial charge in [0.25, 0.3) is 0 Å². The van der Waals surface area contributed by atoms with E-state index in [-0.39, 0.29) is 11.8 Å². The maximum Gasteiger partial charge on any atom is 0.311 e. The summed E-state index contributed by atoms with van der Waals surface area (Å²) in [5.41, 5.74) is 0.888. The Labute approximate surface area is 89.1 Å². The fourth-order valence-corrected chi connectivity index (χ4v) is 2.26. The van der Waals surface area contributed by atoms with Gasteiger partial charge in [-0.15, -0.1) is 0 Å². The topological polar surface area (TPSA) is 50.4 Å². The van der Waals surface area contributed by atoms with Gasteiger partial charge in [0.05, 0.1) is 5.92 Å². The Kier molecular flexibility index (Phi) is 2.33. The highest BCUT2D eigenvalue weighted by molar-refractivity contribution is 5.78. The van der Waals surface area contributed by atoms with Crippen LogP contribution in [0.1, 0.15) is 49.7 Å². The molecule has 0 spiro atoms. The number of carbonyl (C=O) groups is 1. The number of aliphatic carboxylic acids is 1. The number of fused-ring (bicyclic) bond motifs is 1. The van der Waals surface area contributed by atoms with Crippen molar-refractivity contribution in [1.82, 2.24) is 0 Å². The van der Waals surface area contributed by atoms with E-state index in [0.29, 0.717) is 5.92 Å². The predicted molar refractivity (Wildman–Crippen MR) is 56.0 cm³/mol. The van der Waals surface area contributed by atoms with Crippen LogP contribution >= 0.6 is 0 Å². The molecule has 15 heavy (non-hydrogen) atoms. The Morgan fingerprint density at radius 3 is 2.80 bits per heavy atom. The van der Waals surface area contributed by atoms with Crippen LogP contribution in [0.2, 0.25) is 0 Å². The van der Waals surface area contributed by atoms with Gasteiger partial charge >= 0.3 is 5.97 Å². The molecule has 2 unspecified atom stereocenters. The first kappa shape index (κ1) is 10.3. The van der Waals surface area contributed by atoms with Crippen LogP contribution in [0, 0.1) is 5.92 Å². The lowest BCUT2D eigenvalue weighted by Crippen LogP contribution is -2.14. The number of furan rings is 1. The van der Waals surface area contributed by atoms with E-state index in [0.717, 1.165) is 23.5 Å². The molecule has 0 saturated heterocycles. The normalized spacial score (nSPS) is 24.5. The molecular formula is C12H16O3. The van der Waals surface area contributed by atoms with Gasteiger partial charge in [0.2, 0.25) is 0 Å². The summed E-state index contributed by atoms with van der Waals surface area (Å²) in [6.45, 7) is 6.06. The van der Waals surface area contributed by atoms with Crippen molar-refractivity contribution in [3.63, 3.8) is 0 Å². The zero-order chi connectivity index (χ0) is 11.2. The predicted octanol–water partition coefficient (Wildman–Crippen LogP) is 2.76. The van der Waals surface area contributed by atoms with Gasteiger partial charge in [0.15, 0.2) is 0 Å². The zero-order valence-electron chi connectivity index (χ0n) is 9.28. The summed E-state index contributed by atoms with van der Waals surface area (Å²) in [6.07, 6.45) is 0.749. The zero-order valence-corrected chi connectivity index (χ0v) is 9.28. The van der Waals surface area contributed by atoms with Crippen molar-refractivity contribution < 1.29 is 14.3 Å². The Balaban J connectivity index is 2.39. The van der Waals surface area contributed by atoms with Gasteiger partial charge in [0.1, 0.15) is 11.5 Å². The van der Waals surface area contributed by atoms with Gasteiger partial charge < -0.3 is 9.52 Å². The molecule has 3 heteroatoms. The number of hydrogen-bond donors (Lipinski definition) is 1. The fraction of sp³-hybridized carbons (Fsp3) is 0.583. The second-order valence-corrected chi connectivity index (χ2v) is 4.68. The SMILES string of the molecule is CC(C)c1cc2c(o1)CC(C)C2C(=O)O. The molecule has 1 aromatic rings. The average molecular weight is 208 g/mol. The summed E-state index contributed by atoms with van der Waals surface area (Å²) in [7, 11) is 0. The van der Waals surface area contributed by atoms with Crippen LogP contribution in [-0.2, 0) is 11.2 Å². The second-order valence-electron chi connectivity index (χ2n) is 4.68. The molecule has 82 valence electrons. The monoisotopic (exact) mass is 208 g/mol. The standard InChI is InChI=1S/C12H16O3/c1-6(2)9-5-8-10(15-9)4-7(3)11(8)12(13)14/h5-7,11H,4H2,1-3H3,(H,13,14). The first-order chi connectivity index (χ1) is 7.00. The molecule has 0 saturated carbocycles. The molecule has 1 heterocycles. The first-order valence-corrected chi connectivity index (χ1v) is 5.36. The summed E-state index contributed by atoms with van der Waals surface area (Å²) in [4.78, 5) is 11.1. The molecule has 1 aromatic heterocycles. The van der Waals surface area contributed by atoms with E-state index in [2.05, 4.69) is 0 Å². The van der Waals surface area contributed by atoms with Crippen molar-refractivity contribution >= 4 is 5.97 Å². The highest BCUT2D eigenvalue weighted by Gasteiger charge is 2.38. The fourth-order valence-electron chi connectivity index (χ4n) is 2.26. The van der Waals surface area contributed by atoms with Crippen LogP contribution in [0.15, 0.2) is 10.5 Å². The Morgan fingerprint density at radius 1 is 1.60 bits per heavy atom. The lowest BCUT2D eigenvalue weighted by Gasteiger charge is -2.10. The van der Waals surface area contributed by atoms with E-state index in [1.807, 2.05) is 26.8 Å². The summed E-state index contributed by atoms with van der Waals surface area (Å²) in [5.74, 6) is 1.13. The molecule has 2 rings (SSSR count). The third kappa shape index (κ3) is 1.56. The van der Waals surface area contributed by atoms with Crippen molar-refractivity contribution in [3.8, 4) is 0 Å². The minimum absolute atomic E-state index is 0.150. The molecule has 1 aliphatic rings. The van der Waals surface area contributed by atoms with E-state index in [1.165, 1.54) is 0 Å². The van der Waals surface area contributed by atoms with Crippen LogP contribution in [0.25, 0.3) is 0 Å². The number of carboxylic acid groups (broad SMARTS) is 1. The number of hydrogen-bond acceptors (Lipinski definition) is 2. The largest absolute Gasteiger partial charge is 0.481 e. The molecule has 2 atom stereocenters. The summed E-state index contributed by atoms with van der Waals surface area (Å²) >= 11 is 0. The van der Waals surface area contributed by atoms with Crippen molar-refractivity contribution in [1.29, 1.82) is 0 Å². The van der Waals surface area contributed by atoms with Crippen LogP contribution in [0.3, 0.4) is 0 Å². The molecule has 0 aliphatic heterocycles. The Bertz CT molecular complexity index is 390. The Morgan fingerprint density at radius 2 is 2.27 bits per heavy atom. The van der Waals surface area contributed by atoms with E-state index in [9.17, 15) is 4.79 Å². The van der Waals surface area contributed by atoms with Gasteiger partial charge in [0, 0.05) is 17.9 Å². The molecule has 1 N–H and O–H groups in total. The maximum atomic E-state index is 11.1. The summed E-state index contributed by atoms with van der Waals surface area (Å²) < 4.78 is 5.67.